The second-order valence-electron chi connectivity index (χ2n) is 4.58. The molecule has 0 radical (unpaired) electrons. The molecule has 0 aliphatic carbocycles. The summed E-state index contributed by atoms with van der Waals surface area (Å²) in [6.45, 7) is 4.15. The second-order valence-corrected chi connectivity index (χ2v) is 7.85. The van der Waals surface area contributed by atoms with Crippen LogP contribution in [0.1, 0.15) is 37.0 Å². The number of benzene rings is 1. The zero-order valence-electron chi connectivity index (χ0n) is 11.4. The van der Waals surface area contributed by atoms with Crippen LogP contribution in [0.15, 0.2) is 22.7 Å². The molecule has 104 valence electrons. The van der Waals surface area contributed by atoms with Crippen molar-refractivity contribution in [2.45, 2.75) is 43.4 Å². The van der Waals surface area contributed by atoms with Crippen LogP contribution in [0, 0.1) is 24.2 Å². The minimum absolute atomic E-state index is 0.297. The van der Waals surface area contributed by atoms with E-state index in [4.69, 9.17) is 0 Å². The van der Waals surface area contributed by atoms with Crippen LogP contribution >= 0.6 is 15.9 Å². The van der Waals surface area contributed by atoms with Crippen molar-refractivity contribution >= 4 is 30.9 Å². The van der Waals surface area contributed by atoms with Gasteiger partial charge >= 0.3 is 130 Å². The van der Waals surface area contributed by atoms with Gasteiger partial charge in [0.2, 0.25) is 0 Å². The molecule has 1 rings (SSSR count). The molecule has 0 spiro atoms. The van der Waals surface area contributed by atoms with E-state index in [0.717, 1.165) is 20.9 Å². The first-order chi connectivity index (χ1) is 9.11. The van der Waals surface area contributed by atoms with Gasteiger partial charge in [0, 0.05) is 0 Å². The standard InChI is InChI=1S/C15H20BrNOSe/c1-3-4-8-19-10-12(9-17)15(18)14-11(2)6-5-7-13(14)16/h5-7,12,15,18H,3-4,8,10H2,1-2H3. The monoisotopic (exact) mass is 389 g/mol. The Kier molecular flexibility index (Phi) is 7.71. The molecule has 1 aromatic rings. The Morgan fingerprint density at radius 3 is 2.79 bits per heavy atom. The fourth-order valence-corrected chi connectivity index (χ4v) is 5.03. The molecular formula is C15H20BrNOSe. The molecule has 0 aliphatic rings. The summed E-state index contributed by atoms with van der Waals surface area (Å²) in [6, 6.07) is 8.11. The fourth-order valence-electron chi connectivity index (χ4n) is 1.88. The van der Waals surface area contributed by atoms with E-state index in [-0.39, 0.29) is 5.92 Å². The van der Waals surface area contributed by atoms with Gasteiger partial charge in [-0.25, -0.2) is 0 Å². The average molecular weight is 389 g/mol. The minimum atomic E-state index is -0.691. The molecule has 4 heteroatoms. The predicted octanol–water partition coefficient (Wildman–Crippen LogP) is 4.27. The summed E-state index contributed by atoms with van der Waals surface area (Å²) in [7, 11) is 0. The van der Waals surface area contributed by atoms with Crippen LogP contribution in [0.5, 0.6) is 0 Å². The summed E-state index contributed by atoms with van der Waals surface area (Å²) in [4.78, 5) is 0. The van der Waals surface area contributed by atoms with E-state index in [2.05, 4.69) is 28.9 Å². The first-order valence-electron chi connectivity index (χ1n) is 6.52. The fraction of sp³-hybridized carbons (Fsp3) is 0.533. The zero-order chi connectivity index (χ0) is 14.3. The van der Waals surface area contributed by atoms with E-state index >= 15 is 0 Å². The Bertz CT molecular complexity index is 424. The predicted molar refractivity (Wildman–Crippen MR) is 83.2 cm³/mol. The van der Waals surface area contributed by atoms with Gasteiger partial charge in [-0.2, -0.15) is 0 Å². The van der Waals surface area contributed by atoms with Crippen LogP contribution in [0.3, 0.4) is 0 Å². The molecule has 2 unspecified atom stereocenters. The van der Waals surface area contributed by atoms with Crippen LogP contribution in [0.4, 0.5) is 0 Å². The van der Waals surface area contributed by atoms with Gasteiger partial charge in [0.05, 0.1) is 0 Å². The third-order valence-electron chi connectivity index (χ3n) is 3.05. The van der Waals surface area contributed by atoms with Crippen molar-refractivity contribution in [1.82, 2.24) is 0 Å². The van der Waals surface area contributed by atoms with Gasteiger partial charge in [-0.05, 0) is 0 Å². The number of halogens is 1. The molecular weight excluding hydrogens is 369 g/mol. The molecule has 1 aromatic carbocycles. The summed E-state index contributed by atoms with van der Waals surface area (Å²) in [5.74, 6) is -0.297. The quantitative estimate of drug-likeness (QED) is 0.559. The van der Waals surface area contributed by atoms with Gasteiger partial charge in [-0.15, -0.1) is 0 Å². The first-order valence-corrected chi connectivity index (χ1v) is 9.73. The van der Waals surface area contributed by atoms with Crippen LogP contribution < -0.4 is 0 Å². The van der Waals surface area contributed by atoms with Gasteiger partial charge in [0.25, 0.3) is 0 Å². The van der Waals surface area contributed by atoms with E-state index in [0.29, 0.717) is 15.0 Å². The molecule has 0 saturated carbocycles. The molecule has 2 atom stereocenters. The number of hydrogen-bond donors (Lipinski definition) is 1. The number of aryl methyl sites for hydroxylation is 1. The van der Waals surface area contributed by atoms with Gasteiger partial charge in [-0.1, -0.05) is 0 Å². The number of nitriles is 1. The summed E-state index contributed by atoms with van der Waals surface area (Å²) >= 11 is 3.92. The van der Waals surface area contributed by atoms with E-state index in [1.165, 1.54) is 18.2 Å². The average Bonchev–Trinajstić information content (AvgIpc) is 2.38. The molecule has 19 heavy (non-hydrogen) atoms. The van der Waals surface area contributed by atoms with E-state index in [9.17, 15) is 10.4 Å². The zero-order valence-corrected chi connectivity index (χ0v) is 14.7. The number of rotatable bonds is 7. The summed E-state index contributed by atoms with van der Waals surface area (Å²) < 4.78 is 0.890. The Labute approximate surface area is 130 Å². The third-order valence-corrected chi connectivity index (χ3v) is 6.20. The number of nitrogens with zero attached hydrogens (tertiary/aromatic N) is 1. The Morgan fingerprint density at radius 2 is 2.21 bits per heavy atom. The van der Waals surface area contributed by atoms with Crippen LogP contribution in [0.25, 0.3) is 0 Å². The number of aliphatic hydroxyl groups is 1. The van der Waals surface area contributed by atoms with Gasteiger partial charge in [-0.3, -0.25) is 0 Å². The van der Waals surface area contributed by atoms with Crippen molar-refractivity contribution in [3.05, 3.63) is 33.8 Å². The third kappa shape index (κ3) is 4.93. The summed E-state index contributed by atoms with van der Waals surface area (Å²) in [5.41, 5.74) is 1.89. The van der Waals surface area contributed by atoms with Gasteiger partial charge < -0.3 is 0 Å². The van der Waals surface area contributed by atoms with Crippen molar-refractivity contribution in [1.29, 1.82) is 5.26 Å². The SMILES string of the molecule is CCCC[Se]CC(C#N)C(O)c1c(C)cccc1Br. The molecule has 2 nitrogen and oxygen atoms in total. The summed E-state index contributed by atoms with van der Waals surface area (Å²) in [6.07, 6.45) is 1.73. The van der Waals surface area contributed by atoms with Crippen molar-refractivity contribution in [2.24, 2.45) is 5.92 Å². The molecule has 0 aliphatic heterocycles. The second kappa shape index (κ2) is 8.76. The van der Waals surface area contributed by atoms with Crippen LogP contribution in [-0.4, -0.2) is 20.1 Å². The normalized spacial score (nSPS) is 13.8. The van der Waals surface area contributed by atoms with Crippen LogP contribution in [0.2, 0.25) is 10.6 Å². The van der Waals surface area contributed by atoms with Crippen LogP contribution in [-0.2, 0) is 0 Å². The molecule has 0 saturated heterocycles. The Hall–Kier alpha value is -0.331. The molecule has 0 fully saturated rings. The van der Waals surface area contributed by atoms with E-state index in [1.54, 1.807) is 0 Å². The topological polar surface area (TPSA) is 44.0 Å². The van der Waals surface area contributed by atoms with E-state index < -0.39 is 6.10 Å². The van der Waals surface area contributed by atoms with E-state index in [1.807, 2.05) is 25.1 Å². The number of unbranched alkanes of at least 4 members (excludes halogenated alkanes) is 1. The van der Waals surface area contributed by atoms with Crippen molar-refractivity contribution in [3.8, 4) is 6.07 Å². The van der Waals surface area contributed by atoms with Crippen molar-refractivity contribution in [3.63, 3.8) is 0 Å². The Morgan fingerprint density at radius 1 is 1.47 bits per heavy atom. The maximum atomic E-state index is 10.5. The van der Waals surface area contributed by atoms with Crippen molar-refractivity contribution < 1.29 is 5.11 Å². The molecule has 0 bridgehead atoms. The molecule has 0 heterocycles. The summed E-state index contributed by atoms with van der Waals surface area (Å²) in [5, 5.41) is 21.8. The van der Waals surface area contributed by atoms with Crippen molar-refractivity contribution in [2.75, 3.05) is 0 Å². The first kappa shape index (κ1) is 16.7. The maximum absolute atomic E-state index is 10.5. The Balaban J connectivity index is 2.73. The van der Waals surface area contributed by atoms with Gasteiger partial charge in [0.1, 0.15) is 0 Å². The number of hydrogen-bond acceptors (Lipinski definition) is 2. The molecule has 0 aromatic heterocycles. The van der Waals surface area contributed by atoms with Gasteiger partial charge in [0.15, 0.2) is 0 Å². The number of aliphatic hydroxyl groups excluding tert-OH is 1. The molecule has 0 amide bonds. The molecule has 1 N–H and O–H groups in total.